The molecule has 1 unspecified atom stereocenters. The van der Waals surface area contributed by atoms with E-state index in [1.807, 2.05) is 38.1 Å². The average Bonchev–Trinajstić information content (AvgIpc) is 2.79. The summed E-state index contributed by atoms with van der Waals surface area (Å²) in [6, 6.07) is 7.54. The monoisotopic (exact) mass is 248 g/mol. The molecule has 0 saturated heterocycles. The van der Waals surface area contributed by atoms with E-state index in [0.29, 0.717) is 6.42 Å². The molecule has 1 aliphatic rings. The Morgan fingerprint density at radius 1 is 1.50 bits per heavy atom. The second kappa shape index (κ2) is 5.40. The number of aliphatic hydroxyl groups is 1. The number of hydrogen-bond acceptors (Lipinski definition) is 3. The lowest BCUT2D eigenvalue weighted by Crippen LogP contribution is -2.47. The summed E-state index contributed by atoms with van der Waals surface area (Å²) >= 11 is 0. The van der Waals surface area contributed by atoms with Gasteiger partial charge in [0.2, 0.25) is 5.91 Å². The van der Waals surface area contributed by atoms with Crippen LogP contribution in [-0.4, -0.2) is 29.7 Å². The molecule has 0 bridgehead atoms. The Morgan fingerprint density at radius 2 is 2.22 bits per heavy atom. The molecule has 0 aromatic heterocycles. The highest BCUT2D eigenvalue weighted by atomic mass is 16.3. The highest BCUT2D eigenvalue weighted by molar-refractivity contribution is 5.87. The van der Waals surface area contributed by atoms with Crippen LogP contribution < -0.4 is 10.6 Å². The summed E-state index contributed by atoms with van der Waals surface area (Å²) < 4.78 is 0. The third kappa shape index (κ3) is 2.64. The molecule has 0 spiro atoms. The van der Waals surface area contributed by atoms with Gasteiger partial charge in [-0.2, -0.15) is 0 Å². The van der Waals surface area contributed by atoms with E-state index in [2.05, 4.69) is 10.6 Å². The van der Waals surface area contributed by atoms with E-state index in [9.17, 15) is 9.90 Å². The minimum absolute atomic E-state index is 0.0247. The molecule has 3 N–H and O–H groups in total. The SMILES string of the molecule is CC(C)C(CO)NC(=O)[C@@H]1Cc2ccccc2N1. The van der Waals surface area contributed by atoms with Gasteiger partial charge in [0.1, 0.15) is 6.04 Å². The average molecular weight is 248 g/mol. The normalized spacial score (nSPS) is 19.2. The van der Waals surface area contributed by atoms with Crippen LogP contribution >= 0.6 is 0 Å². The molecule has 0 saturated carbocycles. The van der Waals surface area contributed by atoms with Crippen LogP contribution in [0.3, 0.4) is 0 Å². The number of nitrogens with one attached hydrogen (secondary N) is 2. The third-order valence-corrected chi connectivity index (χ3v) is 3.42. The fraction of sp³-hybridized carbons (Fsp3) is 0.500. The molecular weight excluding hydrogens is 228 g/mol. The molecule has 0 aliphatic carbocycles. The van der Waals surface area contributed by atoms with Crippen LogP contribution in [0.4, 0.5) is 5.69 Å². The fourth-order valence-corrected chi connectivity index (χ4v) is 2.16. The molecule has 4 heteroatoms. The van der Waals surface area contributed by atoms with Crippen molar-refractivity contribution in [2.75, 3.05) is 11.9 Å². The molecule has 1 aromatic rings. The van der Waals surface area contributed by atoms with Crippen LogP contribution in [0.15, 0.2) is 24.3 Å². The summed E-state index contributed by atoms with van der Waals surface area (Å²) in [5.74, 6) is 0.182. The molecule has 1 aromatic carbocycles. The van der Waals surface area contributed by atoms with Crippen molar-refractivity contribution < 1.29 is 9.90 Å². The number of fused-ring (bicyclic) bond motifs is 1. The van der Waals surface area contributed by atoms with E-state index < -0.39 is 0 Å². The zero-order chi connectivity index (χ0) is 13.1. The van der Waals surface area contributed by atoms with Crippen LogP contribution in [0.2, 0.25) is 0 Å². The van der Waals surface area contributed by atoms with Gasteiger partial charge in [0, 0.05) is 12.1 Å². The molecule has 1 amide bonds. The minimum Gasteiger partial charge on any atom is -0.394 e. The number of carbonyl (C=O) groups is 1. The van der Waals surface area contributed by atoms with E-state index in [0.717, 1.165) is 5.69 Å². The van der Waals surface area contributed by atoms with Gasteiger partial charge < -0.3 is 15.7 Å². The largest absolute Gasteiger partial charge is 0.394 e. The Balaban J connectivity index is 1.97. The van der Waals surface area contributed by atoms with Crippen LogP contribution in [0.5, 0.6) is 0 Å². The van der Waals surface area contributed by atoms with Crippen LogP contribution in [0.25, 0.3) is 0 Å². The molecule has 98 valence electrons. The topological polar surface area (TPSA) is 61.4 Å². The van der Waals surface area contributed by atoms with Gasteiger partial charge in [0.15, 0.2) is 0 Å². The molecule has 1 heterocycles. The van der Waals surface area contributed by atoms with Gasteiger partial charge in [-0.05, 0) is 17.5 Å². The van der Waals surface area contributed by atoms with E-state index in [1.165, 1.54) is 5.56 Å². The van der Waals surface area contributed by atoms with Crippen molar-refractivity contribution in [3.8, 4) is 0 Å². The fourth-order valence-electron chi connectivity index (χ4n) is 2.16. The number of carbonyl (C=O) groups excluding carboxylic acids is 1. The lowest BCUT2D eigenvalue weighted by molar-refractivity contribution is -0.123. The number of amides is 1. The second-order valence-corrected chi connectivity index (χ2v) is 5.10. The van der Waals surface area contributed by atoms with Crippen molar-refractivity contribution in [2.24, 2.45) is 5.92 Å². The molecule has 18 heavy (non-hydrogen) atoms. The Morgan fingerprint density at radius 3 is 2.83 bits per heavy atom. The van der Waals surface area contributed by atoms with Crippen LogP contribution in [0, 0.1) is 5.92 Å². The molecule has 1 aliphatic heterocycles. The van der Waals surface area contributed by atoms with Crippen LogP contribution in [-0.2, 0) is 11.2 Å². The lowest BCUT2D eigenvalue weighted by Gasteiger charge is -2.22. The van der Waals surface area contributed by atoms with Crippen molar-refractivity contribution >= 4 is 11.6 Å². The van der Waals surface area contributed by atoms with Gasteiger partial charge >= 0.3 is 0 Å². The van der Waals surface area contributed by atoms with Gasteiger partial charge in [-0.1, -0.05) is 32.0 Å². The van der Waals surface area contributed by atoms with E-state index in [1.54, 1.807) is 0 Å². The van der Waals surface area contributed by atoms with Gasteiger partial charge in [-0.25, -0.2) is 0 Å². The van der Waals surface area contributed by atoms with E-state index in [4.69, 9.17) is 0 Å². The van der Waals surface area contributed by atoms with E-state index in [-0.39, 0.29) is 30.5 Å². The summed E-state index contributed by atoms with van der Waals surface area (Å²) in [5.41, 5.74) is 2.20. The number of benzene rings is 1. The molecule has 4 nitrogen and oxygen atoms in total. The third-order valence-electron chi connectivity index (χ3n) is 3.42. The summed E-state index contributed by atoms with van der Waals surface area (Å²) in [6.07, 6.45) is 0.707. The standard InChI is InChI=1S/C14H20N2O2/c1-9(2)13(8-17)16-14(18)12-7-10-5-3-4-6-11(10)15-12/h3-6,9,12-13,15,17H,7-8H2,1-2H3,(H,16,18)/t12-,13?/m0/s1. The molecular formula is C14H20N2O2. The van der Waals surface area contributed by atoms with Crippen molar-refractivity contribution in [2.45, 2.75) is 32.4 Å². The van der Waals surface area contributed by atoms with Crippen molar-refractivity contribution in [3.05, 3.63) is 29.8 Å². The van der Waals surface area contributed by atoms with Crippen molar-refractivity contribution in [1.82, 2.24) is 5.32 Å². The maximum atomic E-state index is 12.1. The first-order chi connectivity index (χ1) is 8.61. The van der Waals surface area contributed by atoms with E-state index >= 15 is 0 Å². The Hall–Kier alpha value is -1.55. The first-order valence-electron chi connectivity index (χ1n) is 6.37. The van der Waals surface area contributed by atoms with Gasteiger partial charge in [0.25, 0.3) is 0 Å². The Bertz CT molecular complexity index is 407. The number of rotatable bonds is 4. The Kier molecular flexibility index (Phi) is 3.87. The highest BCUT2D eigenvalue weighted by Crippen LogP contribution is 2.25. The van der Waals surface area contributed by atoms with Gasteiger partial charge in [-0.3, -0.25) is 4.79 Å². The molecule has 2 rings (SSSR count). The summed E-state index contributed by atoms with van der Waals surface area (Å²) in [7, 11) is 0. The van der Waals surface area contributed by atoms with Crippen molar-refractivity contribution in [1.29, 1.82) is 0 Å². The van der Waals surface area contributed by atoms with Gasteiger partial charge in [-0.15, -0.1) is 0 Å². The first kappa shape index (κ1) is 12.9. The van der Waals surface area contributed by atoms with Gasteiger partial charge in [0.05, 0.1) is 12.6 Å². The maximum absolute atomic E-state index is 12.1. The second-order valence-electron chi connectivity index (χ2n) is 5.10. The summed E-state index contributed by atoms with van der Waals surface area (Å²) in [6.45, 7) is 3.94. The predicted octanol–water partition coefficient (Wildman–Crippen LogP) is 1.16. The lowest BCUT2D eigenvalue weighted by atomic mass is 10.0. The highest BCUT2D eigenvalue weighted by Gasteiger charge is 2.28. The number of aliphatic hydroxyl groups excluding tert-OH is 1. The van der Waals surface area contributed by atoms with Crippen molar-refractivity contribution in [3.63, 3.8) is 0 Å². The quantitative estimate of drug-likeness (QED) is 0.749. The zero-order valence-corrected chi connectivity index (χ0v) is 10.8. The number of anilines is 1. The molecule has 0 radical (unpaired) electrons. The smallest absolute Gasteiger partial charge is 0.243 e. The predicted molar refractivity (Wildman–Crippen MR) is 71.4 cm³/mol. The minimum atomic E-state index is -0.227. The summed E-state index contributed by atoms with van der Waals surface area (Å²) in [4.78, 5) is 12.1. The first-order valence-corrected chi connectivity index (χ1v) is 6.37. The maximum Gasteiger partial charge on any atom is 0.243 e. The van der Waals surface area contributed by atoms with Crippen LogP contribution in [0.1, 0.15) is 19.4 Å². The zero-order valence-electron chi connectivity index (χ0n) is 10.8. The number of para-hydroxylation sites is 1. The molecule has 0 fully saturated rings. The number of hydrogen-bond donors (Lipinski definition) is 3. The Labute approximate surface area is 107 Å². The molecule has 2 atom stereocenters. The summed E-state index contributed by atoms with van der Waals surface area (Å²) in [5, 5.41) is 15.3.